The summed E-state index contributed by atoms with van der Waals surface area (Å²) in [5.74, 6) is -1.30. The van der Waals surface area contributed by atoms with Gasteiger partial charge in [-0.2, -0.15) is 17.5 Å². The van der Waals surface area contributed by atoms with Crippen LogP contribution in [0.25, 0.3) is 0 Å². The Bertz CT molecular complexity index is 677. The van der Waals surface area contributed by atoms with Gasteiger partial charge in [-0.05, 0) is 23.7 Å². The summed E-state index contributed by atoms with van der Waals surface area (Å²) in [4.78, 5) is 23.7. The molecule has 0 aliphatic carbocycles. The molecule has 8 heteroatoms. The number of ether oxygens (including phenoxy) is 1. The first kappa shape index (κ1) is 15.2. The smallest absolute Gasteiger partial charge is 0.416 e. The van der Waals surface area contributed by atoms with E-state index >= 15 is 0 Å². The molecular weight excluding hydrogens is 307 g/mol. The van der Waals surface area contributed by atoms with Gasteiger partial charge >= 0.3 is 12.1 Å². The number of methoxy groups -OCH3 is 1. The van der Waals surface area contributed by atoms with Gasteiger partial charge < -0.3 is 4.74 Å². The van der Waals surface area contributed by atoms with Gasteiger partial charge in [0.05, 0.1) is 24.4 Å². The molecule has 2 rings (SSSR count). The first-order valence-electron chi connectivity index (χ1n) is 5.59. The lowest BCUT2D eigenvalue weighted by molar-refractivity contribution is -0.137. The highest BCUT2D eigenvalue weighted by molar-refractivity contribution is 7.08. The standard InChI is InChI=1S/C13H8F3NO3S/c1-20-12(19)11-9(6-17-21-11)10(18)7-2-4-8(5-3-7)13(14,15)16/h2-6H,1H3. The third-order valence-corrected chi connectivity index (χ3v) is 3.44. The third kappa shape index (κ3) is 3.10. The average molecular weight is 315 g/mol. The Hall–Kier alpha value is -2.22. The Morgan fingerprint density at radius 2 is 1.81 bits per heavy atom. The van der Waals surface area contributed by atoms with E-state index in [9.17, 15) is 22.8 Å². The van der Waals surface area contributed by atoms with E-state index in [2.05, 4.69) is 9.11 Å². The molecule has 0 spiro atoms. The molecule has 4 nitrogen and oxygen atoms in total. The maximum atomic E-state index is 12.5. The van der Waals surface area contributed by atoms with Crippen molar-refractivity contribution in [3.63, 3.8) is 0 Å². The molecule has 0 unspecified atom stereocenters. The number of benzene rings is 1. The predicted molar refractivity (Wildman–Crippen MR) is 68.3 cm³/mol. The average Bonchev–Trinajstić information content (AvgIpc) is 2.94. The summed E-state index contributed by atoms with van der Waals surface area (Å²) in [5, 5.41) is 0. The number of carbonyl (C=O) groups excluding carboxylic acids is 2. The second-order valence-electron chi connectivity index (χ2n) is 3.96. The van der Waals surface area contributed by atoms with Crippen molar-refractivity contribution in [3.8, 4) is 0 Å². The van der Waals surface area contributed by atoms with E-state index in [1.807, 2.05) is 0 Å². The SMILES string of the molecule is COC(=O)c1sncc1C(=O)c1ccc(C(F)(F)F)cc1. The fraction of sp³-hybridized carbons (Fsp3) is 0.154. The summed E-state index contributed by atoms with van der Waals surface area (Å²) in [6, 6.07) is 3.74. The van der Waals surface area contributed by atoms with Gasteiger partial charge in [-0.1, -0.05) is 12.1 Å². The van der Waals surface area contributed by atoms with Gasteiger partial charge in [-0.3, -0.25) is 4.79 Å². The molecule has 21 heavy (non-hydrogen) atoms. The maximum Gasteiger partial charge on any atom is 0.416 e. The zero-order valence-electron chi connectivity index (χ0n) is 10.6. The molecular formula is C13H8F3NO3S. The summed E-state index contributed by atoms with van der Waals surface area (Å²) in [6.45, 7) is 0. The molecule has 0 amide bonds. The monoisotopic (exact) mass is 315 g/mol. The van der Waals surface area contributed by atoms with Crippen molar-refractivity contribution in [2.45, 2.75) is 6.18 Å². The van der Waals surface area contributed by atoms with Gasteiger partial charge in [-0.25, -0.2) is 4.79 Å². The summed E-state index contributed by atoms with van der Waals surface area (Å²) in [5.41, 5.74) is -0.810. The summed E-state index contributed by atoms with van der Waals surface area (Å²) in [6.07, 6.45) is -3.28. The summed E-state index contributed by atoms with van der Waals surface area (Å²) >= 11 is 0.787. The summed E-state index contributed by atoms with van der Waals surface area (Å²) in [7, 11) is 1.16. The van der Waals surface area contributed by atoms with Gasteiger partial charge in [-0.15, -0.1) is 0 Å². The number of carbonyl (C=O) groups is 2. The quantitative estimate of drug-likeness (QED) is 0.645. The molecule has 0 radical (unpaired) electrons. The Labute approximate surface area is 121 Å². The number of hydrogen-bond donors (Lipinski definition) is 0. The van der Waals surface area contributed by atoms with Crippen molar-refractivity contribution in [2.24, 2.45) is 0 Å². The molecule has 110 valence electrons. The van der Waals surface area contributed by atoms with Crippen molar-refractivity contribution in [1.29, 1.82) is 0 Å². The zero-order valence-corrected chi connectivity index (χ0v) is 11.4. The number of alkyl halides is 3. The fourth-order valence-electron chi connectivity index (χ4n) is 1.61. The Morgan fingerprint density at radius 1 is 1.19 bits per heavy atom. The van der Waals surface area contributed by atoms with Gasteiger partial charge in [0.15, 0.2) is 5.78 Å². The molecule has 0 fully saturated rings. The predicted octanol–water partition coefficient (Wildman–Crippen LogP) is 3.18. The minimum absolute atomic E-state index is 0.00612. The zero-order chi connectivity index (χ0) is 15.6. The van der Waals surface area contributed by atoms with Crippen molar-refractivity contribution in [2.75, 3.05) is 7.11 Å². The van der Waals surface area contributed by atoms with Crippen molar-refractivity contribution in [1.82, 2.24) is 4.37 Å². The highest BCUT2D eigenvalue weighted by Crippen LogP contribution is 2.29. The molecule has 1 aromatic heterocycles. The van der Waals surface area contributed by atoms with Crippen LogP contribution in [0, 0.1) is 0 Å². The van der Waals surface area contributed by atoms with Crippen LogP contribution in [0.4, 0.5) is 13.2 Å². The lowest BCUT2D eigenvalue weighted by Crippen LogP contribution is -2.09. The molecule has 0 bridgehead atoms. The normalized spacial score (nSPS) is 11.2. The number of halogens is 3. The van der Waals surface area contributed by atoms with Crippen molar-refractivity contribution >= 4 is 23.3 Å². The molecule has 0 saturated heterocycles. The van der Waals surface area contributed by atoms with E-state index < -0.39 is 23.5 Å². The van der Waals surface area contributed by atoms with E-state index in [1.54, 1.807) is 0 Å². The maximum absolute atomic E-state index is 12.5. The minimum Gasteiger partial charge on any atom is -0.465 e. The molecule has 0 aliphatic heterocycles. The van der Waals surface area contributed by atoms with Crippen LogP contribution in [0.5, 0.6) is 0 Å². The molecule has 1 heterocycles. The largest absolute Gasteiger partial charge is 0.465 e. The van der Waals surface area contributed by atoms with Crippen LogP contribution in [0.15, 0.2) is 30.5 Å². The van der Waals surface area contributed by atoms with Gasteiger partial charge in [0, 0.05) is 5.56 Å². The highest BCUT2D eigenvalue weighted by Gasteiger charge is 2.30. The van der Waals surface area contributed by atoms with E-state index in [0.717, 1.165) is 42.9 Å². The number of hydrogen-bond acceptors (Lipinski definition) is 5. The molecule has 0 atom stereocenters. The topological polar surface area (TPSA) is 56.3 Å². The van der Waals surface area contributed by atoms with Crippen molar-refractivity contribution in [3.05, 3.63) is 52.0 Å². The van der Waals surface area contributed by atoms with Crippen LogP contribution in [-0.4, -0.2) is 23.2 Å². The van der Waals surface area contributed by atoms with Crippen LogP contribution in [0.2, 0.25) is 0 Å². The molecule has 2 aromatic rings. The first-order chi connectivity index (χ1) is 9.84. The van der Waals surface area contributed by atoms with Crippen molar-refractivity contribution < 1.29 is 27.5 Å². The van der Waals surface area contributed by atoms with Crippen LogP contribution in [0.3, 0.4) is 0 Å². The molecule has 0 saturated carbocycles. The van der Waals surface area contributed by atoms with Gasteiger partial charge in [0.1, 0.15) is 4.88 Å². The lowest BCUT2D eigenvalue weighted by atomic mass is 10.0. The van der Waals surface area contributed by atoms with Crippen LogP contribution in [0.1, 0.15) is 31.2 Å². The summed E-state index contributed by atoms with van der Waals surface area (Å²) < 4.78 is 45.6. The van der Waals surface area contributed by atoms with E-state index in [0.29, 0.717) is 0 Å². The number of ketones is 1. The number of nitrogens with zero attached hydrogens (tertiary/aromatic N) is 1. The molecule has 1 aromatic carbocycles. The Morgan fingerprint density at radius 3 is 2.33 bits per heavy atom. The van der Waals surface area contributed by atoms with E-state index in [-0.39, 0.29) is 16.0 Å². The van der Waals surface area contributed by atoms with Crippen LogP contribution in [-0.2, 0) is 10.9 Å². The third-order valence-electron chi connectivity index (χ3n) is 2.66. The molecule has 0 aliphatic rings. The highest BCUT2D eigenvalue weighted by atomic mass is 32.1. The number of esters is 1. The second kappa shape index (κ2) is 5.65. The second-order valence-corrected chi connectivity index (χ2v) is 4.77. The Balaban J connectivity index is 2.33. The van der Waals surface area contributed by atoms with Gasteiger partial charge in [0.25, 0.3) is 0 Å². The Kier molecular flexibility index (Phi) is 4.08. The minimum atomic E-state index is -4.47. The van der Waals surface area contributed by atoms with Crippen LogP contribution < -0.4 is 0 Å². The fourth-order valence-corrected chi connectivity index (χ4v) is 2.27. The van der Waals surface area contributed by atoms with Crippen LogP contribution >= 0.6 is 11.5 Å². The lowest BCUT2D eigenvalue weighted by Gasteiger charge is -2.07. The number of rotatable bonds is 3. The van der Waals surface area contributed by atoms with E-state index in [4.69, 9.17) is 0 Å². The van der Waals surface area contributed by atoms with Gasteiger partial charge in [0.2, 0.25) is 0 Å². The molecule has 0 N–H and O–H groups in total. The van der Waals surface area contributed by atoms with E-state index in [1.165, 1.54) is 6.20 Å². The first-order valence-corrected chi connectivity index (χ1v) is 6.37. The number of aromatic nitrogens is 1.